The highest BCUT2D eigenvalue weighted by atomic mass is 16.2. The summed E-state index contributed by atoms with van der Waals surface area (Å²) < 4.78 is 0. The van der Waals surface area contributed by atoms with Crippen LogP contribution in [0.15, 0.2) is 24.7 Å². The van der Waals surface area contributed by atoms with E-state index in [0.717, 1.165) is 30.3 Å². The fraction of sp³-hybridized carbons (Fsp3) is 0.438. The molecule has 24 heavy (non-hydrogen) atoms. The van der Waals surface area contributed by atoms with Gasteiger partial charge in [0.2, 0.25) is 0 Å². The molecule has 1 fully saturated rings. The molecule has 0 radical (unpaired) electrons. The molecule has 0 atom stereocenters. The first-order chi connectivity index (χ1) is 11.5. The van der Waals surface area contributed by atoms with Crippen LogP contribution in [0.25, 0.3) is 0 Å². The zero-order chi connectivity index (χ0) is 17.1. The van der Waals surface area contributed by atoms with Crippen molar-refractivity contribution in [1.29, 1.82) is 0 Å². The summed E-state index contributed by atoms with van der Waals surface area (Å²) in [4.78, 5) is 26.7. The SMILES string of the molecule is Cc1cnc(C(=O)N2CCN(c3cc(N(C)C)cnn3)CC2)cn1. The Labute approximate surface area is 141 Å². The second-order valence-electron chi connectivity index (χ2n) is 5.99. The van der Waals surface area contributed by atoms with Gasteiger partial charge in [0, 0.05) is 52.5 Å². The highest BCUT2D eigenvalue weighted by molar-refractivity contribution is 5.92. The number of carbonyl (C=O) groups is 1. The molecule has 1 saturated heterocycles. The normalized spacial score (nSPS) is 14.6. The molecule has 0 aliphatic carbocycles. The van der Waals surface area contributed by atoms with Crippen molar-refractivity contribution in [2.75, 3.05) is 50.1 Å². The van der Waals surface area contributed by atoms with Crippen LogP contribution in [-0.4, -0.2) is 71.2 Å². The third-order valence-corrected chi connectivity index (χ3v) is 4.03. The minimum Gasteiger partial charge on any atom is -0.376 e. The number of amides is 1. The average molecular weight is 327 g/mol. The largest absolute Gasteiger partial charge is 0.376 e. The van der Waals surface area contributed by atoms with Crippen LogP contribution in [0.1, 0.15) is 16.2 Å². The summed E-state index contributed by atoms with van der Waals surface area (Å²) in [6, 6.07) is 2.01. The topological polar surface area (TPSA) is 78.4 Å². The second-order valence-corrected chi connectivity index (χ2v) is 5.99. The monoisotopic (exact) mass is 327 g/mol. The number of hydrogen-bond acceptors (Lipinski definition) is 7. The molecule has 0 N–H and O–H groups in total. The lowest BCUT2D eigenvalue weighted by molar-refractivity contribution is 0.0740. The predicted octanol–water partition coefficient (Wildman–Crippen LogP) is 0.603. The van der Waals surface area contributed by atoms with Gasteiger partial charge in [0.05, 0.1) is 23.8 Å². The van der Waals surface area contributed by atoms with Gasteiger partial charge in [-0.05, 0) is 6.92 Å². The first-order valence-corrected chi connectivity index (χ1v) is 7.87. The van der Waals surface area contributed by atoms with E-state index in [2.05, 4.69) is 25.1 Å². The van der Waals surface area contributed by atoms with Gasteiger partial charge in [-0.15, -0.1) is 5.10 Å². The molecule has 0 aromatic carbocycles. The van der Waals surface area contributed by atoms with Gasteiger partial charge in [0.25, 0.3) is 5.91 Å². The van der Waals surface area contributed by atoms with Gasteiger partial charge in [-0.2, -0.15) is 5.10 Å². The van der Waals surface area contributed by atoms with E-state index in [4.69, 9.17) is 0 Å². The number of anilines is 2. The van der Waals surface area contributed by atoms with Gasteiger partial charge in [0.1, 0.15) is 5.69 Å². The van der Waals surface area contributed by atoms with Crippen molar-refractivity contribution in [2.24, 2.45) is 0 Å². The number of carbonyl (C=O) groups excluding carboxylic acids is 1. The van der Waals surface area contributed by atoms with Crippen LogP contribution in [0, 0.1) is 6.92 Å². The highest BCUT2D eigenvalue weighted by Gasteiger charge is 2.24. The minimum absolute atomic E-state index is 0.0738. The van der Waals surface area contributed by atoms with Gasteiger partial charge in [-0.1, -0.05) is 0 Å². The van der Waals surface area contributed by atoms with Crippen molar-refractivity contribution in [2.45, 2.75) is 6.92 Å². The van der Waals surface area contributed by atoms with E-state index in [1.165, 1.54) is 6.20 Å². The molecule has 2 aromatic rings. The molecule has 1 aliphatic rings. The van der Waals surface area contributed by atoms with E-state index in [-0.39, 0.29) is 5.91 Å². The van der Waals surface area contributed by atoms with Crippen LogP contribution < -0.4 is 9.80 Å². The van der Waals surface area contributed by atoms with Gasteiger partial charge < -0.3 is 14.7 Å². The first-order valence-electron chi connectivity index (χ1n) is 7.87. The Morgan fingerprint density at radius 1 is 1.08 bits per heavy atom. The van der Waals surface area contributed by atoms with E-state index in [0.29, 0.717) is 18.8 Å². The van der Waals surface area contributed by atoms with Gasteiger partial charge in [0.15, 0.2) is 5.82 Å². The number of rotatable bonds is 3. The summed E-state index contributed by atoms with van der Waals surface area (Å²) in [6.07, 6.45) is 4.89. The summed E-state index contributed by atoms with van der Waals surface area (Å²) in [6.45, 7) is 4.54. The smallest absolute Gasteiger partial charge is 0.274 e. The van der Waals surface area contributed by atoms with Crippen molar-refractivity contribution in [3.63, 3.8) is 0 Å². The first kappa shape index (κ1) is 16.1. The second kappa shape index (κ2) is 6.77. The highest BCUT2D eigenvalue weighted by Crippen LogP contribution is 2.18. The number of piperazine rings is 1. The molecule has 8 nitrogen and oxygen atoms in total. The Hall–Kier alpha value is -2.77. The van der Waals surface area contributed by atoms with Gasteiger partial charge in [-0.3, -0.25) is 9.78 Å². The molecule has 1 aliphatic heterocycles. The van der Waals surface area contributed by atoms with Crippen molar-refractivity contribution < 1.29 is 4.79 Å². The van der Waals surface area contributed by atoms with E-state index in [1.807, 2.05) is 32.0 Å². The van der Waals surface area contributed by atoms with E-state index >= 15 is 0 Å². The van der Waals surface area contributed by atoms with Crippen molar-refractivity contribution >= 4 is 17.4 Å². The molecule has 0 saturated carbocycles. The third kappa shape index (κ3) is 3.42. The quantitative estimate of drug-likeness (QED) is 0.817. The summed E-state index contributed by atoms with van der Waals surface area (Å²) >= 11 is 0. The van der Waals surface area contributed by atoms with E-state index in [9.17, 15) is 4.79 Å². The van der Waals surface area contributed by atoms with Crippen molar-refractivity contribution in [1.82, 2.24) is 25.1 Å². The zero-order valence-electron chi connectivity index (χ0n) is 14.2. The molecule has 3 rings (SSSR count). The summed E-state index contributed by atoms with van der Waals surface area (Å²) in [5.41, 5.74) is 2.20. The lowest BCUT2D eigenvalue weighted by Crippen LogP contribution is -2.49. The molecule has 0 bridgehead atoms. The molecule has 1 amide bonds. The number of hydrogen-bond donors (Lipinski definition) is 0. The Kier molecular flexibility index (Phi) is 4.54. The summed E-state index contributed by atoms with van der Waals surface area (Å²) in [5.74, 6) is 0.763. The standard InChI is InChI=1S/C16H21N7O/c1-12-9-18-14(11-17-12)16(24)23-6-4-22(5-7-23)15-8-13(21(2)3)10-19-20-15/h8-11H,4-7H2,1-3H3. The number of nitrogens with zero attached hydrogens (tertiary/aromatic N) is 7. The predicted molar refractivity (Wildman–Crippen MR) is 91.2 cm³/mol. The fourth-order valence-corrected chi connectivity index (χ4v) is 2.55. The Morgan fingerprint density at radius 3 is 2.46 bits per heavy atom. The fourth-order valence-electron chi connectivity index (χ4n) is 2.55. The number of aromatic nitrogens is 4. The van der Waals surface area contributed by atoms with E-state index < -0.39 is 0 Å². The van der Waals surface area contributed by atoms with Crippen molar-refractivity contribution in [3.05, 3.63) is 36.0 Å². The van der Waals surface area contributed by atoms with Crippen LogP contribution in [0.5, 0.6) is 0 Å². The van der Waals surface area contributed by atoms with E-state index in [1.54, 1.807) is 17.3 Å². The van der Waals surface area contributed by atoms with Crippen LogP contribution in [0.3, 0.4) is 0 Å². The molecular formula is C16H21N7O. The average Bonchev–Trinajstić information content (AvgIpc) is 2.62. The summed E-state index contributed by atoms with van der Waals surface area (Å²) in [5, 5.41) is 8.27. The molecule has 0 unspecified atom stereocenters. The van der Waals surface area contributed by atoms with Crippen LogP contribution in [-0.2, 0) is 0 Å². The minimum atomic E-state index is -0.0738. The lowest BCUT2D eigenvalue weighted by Gasteiger charge is -2.35. The maximum atomic E-state index is 12.5. The third-order valence-electron chi connectivity index (χ3n) is 4.03. The molecular weight excluding hydrogens is 306 g/mol. The maximum Gasteiger partial charge on any atom is 0.274 e. The molecule has 2 aromatic heterocycles. The van der Waals surface area contributed by atoms with Crippen molar-refractivity contribution in [3.8, 4) is 0 Å². The Balaban J connectivity index is 1.64. The Morgan fingerprint density at radius 2 is 1.83 bits per heavy atom. The molecule has 126 valence electrons. The lowest BCUT2D eigenvalue weighted by atomic mass is 10.2. The van der Waals surface area contributed by atoms with Crippen LogP contribution in [0.4, 0.5) is 11.5 Å². The van der Waals surface area contributed by atoms with Gasteiger partial charge >= 0.3 is 0 Å². The number of aryl methyl sites for hydroxylation is 1. The Bertz CT molecular complexity index is 709. The zero-order valence-corrected chi connectivity index (χ0v) is 14.2. The molecule has 3 heterocycles. The molecule has 8 heteroatoms. The maximum absolute atomic E-state index is 12.5. The summed E-state index contributed by atoms with van der Waals surface area (Å²) in [7, 11) is 3.94. The van der Waals surface area contributed by atoms with Crippen LogP contribution >= 0.6 is 0 Å². The molecule has 0 spiro atoms. The van der Waals surface area contributed by atoms with Gasteiger partial charge in [-0.25, -0.2) is 4.98 Å². The van der Waals surface area contributed by atoms with Crippen LogP contribution in [0.2, 0.25) is 0 Å².